The van der Waals surface area contributed by atoms with Gasteiger partial charge in [0.2, 0.25) is 0 Å². The van der Waals surface area contributed by atoms with Gasteiger partial charge in [-0.05, 0) is 18.6 Å². The third-order valence-corrected chi connectivity index (χ3v) is 5.99. The van der Waals surface area contributed by atoms with E-state index in [-0.39, 0.29) is 13.2 Å². The van der Waals surface area contributed by atoms with Gasteiger partial charge in [0.1, 0.15) is 5.75 Å². The van der Waals surface area contributed by atoms with Crippen LogP contribution in [0.15, 0.2) is 12.1 Å². The molecule has 3 nitrogen and oxygen atoms in total. The molecule has 0 saturated heterocycles. The number of aliphatic hydroxyl groups is 2. The van der Waals surface area contributed by atoms with E-state index >= 15 is 0 Å². The average Bonchev–Trinajstić information content (AvgIpc) is 2.80. The fourth-order valence-electron chi connectivity index (χ4n) is 4.08. The molecule has 0 atom stereocenters. The third-order valence-electron chi connectivity index (χ3n) is 5.99. The molecule has 0 spiro atoms. The molecule has 0 aliphatic heterocycles. The molecule has 176 valence electrons. The van der Waals surface area contributed by atoms with Crippen LogP contribution in [0.4, 0.5) is 0 Å². The summed E-state index contributed by atoms with van der Waals surface area (Å²) in [4.78, 5) is 0. The average molecular weight is 431 g/mol. The van der Waals surface area contributed by atoms with Gasteiger partial charge in [0.25, 0.3) is 0 Å². The Morgan fingerprint density at radius 3 is 1.42 bits per heavy atom. The topological polar surface area (TPSA) is 49.7 Å². The first-order valence-electron chi connectivity index (χ1n) is 12.7. The van der Waals surface area contributed by atoms with E-state index in [1.165, 1.54) is 89.9 Å². The van der Waals surface area contributed by atoms with Crippen molar-refractivity contribution >= 4 is 0 Å². The maximum absolute atomic E-state index is 9.57. The van der Waals surface area contributed by atoms with Crippen molar-refractivity contribution in [3.63, 3.8) is 0 Å². The van der Waals surface area contributed by atoms with Crippen molar-refractivity contribution in [3.05, 3.63) is 28.8 Å². The molecule has 0 aliphatic carbocycles. The van der Waals surface area contributed by atoms with Crippen LogP contribution in [0.25, 0.3) is 0 Å². The highest BCUT2D eigenvalue weighted by atomic mass is 16.5. The second kappa shape index (κ2) is 19.2. The van der Waals surface area contributed by atoms with E-state index in [1.54, 1.807) is 12.1 Å². The predicted molar refractivity (Wildman–Crippen MR) is 131 cm³/mol. The third kappa shape index (κ3) is 12.8. The zero-order valence-corrected chi connectivity index (χ0v) is 20.0. The van der Waals surface area contributed by atoms with E-state index in [4.69, 9.17) is 11.2 Å². The lowest BCUT2D eigenvalue weighted by Crippen LogP contribution is -2.05. The highest BCUT2D eigenvalue weighted by Gasteiger charge is 2.11. The summed E-state index contributed by atoms with van der Waals surface area (Å²) in [5.41, 5.74) is 1.95. The van der Waals surface area contributed by atoms with E-state index in [1.807, 2.05) is 0 Å². The Morgan fingerprint density at radius 2 is 1.06 bits per heavy atom. The normalized spacial score (nSPS) is 10.9. The Balaban J connectivity index is 1.99. The molecule has 0 amide bonds. The molecule has 0 heterocycles. The number of hydrogen-bond donors (Lipinski definition) is 2. The minimum absolute atomic E-state index is 0.142. The van der Waals surface area contributed by atoms with E-state index in [2.05, 4.69) is 12.8 Å². The molecule has 3 heteroatoms. The molecular weight excluding hydrogens is 384 g/mol. The number of unbranched alkanes of at least 4 members (excludes halogenated alkanes) is 15. The fraction of sp³-hybridized carbons (Fsp3) is 0.714. The summed E-state index contributed by atoms with van der Waals surface area (Å²) in [6.45, 7) is 2.60. The lowest BCUT2D eigenvalue weighted by Gasteiger charge is -2.15. The van der Waals surface area contributed by atoms with Crippen LogP contribution in [-0.4, -0.2) is 16.8 Å². The predicted octanol–water partition coefficient (Wildman–Crippen LogP) is 7.29. The molecule has 0 aliphatic rings. The Bertz CT molecular complexity index is 578. The number of aliphatic hydroxyl groups excluding tert-OH is 2. The zero-order chi connectivity index (χ0) is 22.6. The maximum atomic E-state index is 9.57. The summed E-state index contributed by atoms with van der Waals surface area (Å²) in [7, 11) is 0. The standard InChI is InChI=1S/C28H46O3/c1-3-5-6-7-8-9-10-11-12-13-14-15-16-17-18-19-20-31-28-26(23-29)21-25(4-2)22-27(28)24-30/h2,21-22,29-30H,3,5-20,23-24H2,1H3. The highest BCUT2D eigenvalue weighted by Crippen LogP contribution is 2.27. The van der Waals surface area contributed by atoms with Gasteiger partial charge in [-0.25, -0.2) is 0 Å². The molecule has 0 radical (unpaired) electrons. The van der Waals surface area contributed by atoms with Gasteiger partial charge in [0.15, 0.2) is 0 Å². The molecule has 2 N–H and O–H groups in total. The lowest BCUT2D eigenvalue weighted by atomic mass is 10.0. The Hall–Kier alpha value is -1.50. The molecule has 0 unspecified atom stereocenters. The van der Waals surface area contributed by atoms with Crippen molar-refractivity contribution < 1.29 is 14.9 Å². The Kier molecular flexibility index (Phi) is 17.1. The van der Waals surface area contributed by atoms with Gasteiger partial charge < -0.3 is 14.9 Å². The van der Waals surface area contributed by atoms with Crippen molar-refractivity contribution in [3.8, 4) is 18.1 Å². The highest BCUT2D eigenvalue weighted by molar-refractivity contribution is 5.48. The summed E-state index contributed by atoms with van der Waals surface area (Å²) >= 11 is 0. The number of benzene rings is 1. The van der Waals surface area contributed by atoms with Crippen LogP contribution in [0.3, 0.4) is 0 Å². The van der Waals surface area contributed by atoms with Crippen LogP contribution in [0.2, 0.25) is 0 Å². The van der Waals surface area contributed by atoms with Gasteiger partial charge in [-0.3, -0.25) is 0 Å². The molecular formula is C28H46O3. The van der Waals surface area contributed by atoms with Gasteiger partial charge in [-0.15, -0.1) is 6.42 Å². The second-order valence-electron chi connectivity index (χ2n) is 8.74. The summed E-state index contributed by atoms with van der Waals surface area (Å²) in [5, 5.41) is 19.1. The molecule has 0 aromatic heterocycles. The summed E-state index contributed by atoms with van der Waals surface area (Å²) < 4.78 is 5.88. The Labute approximate surface area is 191 Å². The van der Waals surface area contributed by atoms with Gasteiger partial charge in [0, 0.05) is 16.7 Å². The number of terminal acetylenes is 1. The second-order valence-corrected chi connectivity index (χ2v) is 8.74. The first-order chi connectivity index (χ1) is 15.3. The molecule has 1 aromatic rings. The monoisotopic (exact) mass is 430 g/mol. The number of hydrogen-bond acceptors (Lipinski definition) is 3. The first kappa shape index (κ1) is 27.5. The minimum Gasteiger partial charge on any atom is -0.493 e. The van der Waals surface area contributed by atoms with Crippen LogP contribution < -0.4 is 4.74 Å². The van der Waals surface area contributed by atoms with Gasteiger partial charge >= 0.3 is 0 Å². The van der Waals surface area contributed by atoms with Crippen LogP contribution in [0, 0.1) is 12.3 Å². The fourth-order valence-corrected chi connectivity index (χ4v) is 4.08. The number of ether oxygens (including phenoxy) is 1. The van der Waals surface area contributed by atoms with E-state index in [9.17, 15) is 10.2 Å². The zero-order valence-electron chi connectivity index (χ0n) is 20.0. The summed E-state index contributed by atoms with van der Waals surface area (Å²) in [5.74, 6) is 3.14. The van der Waals surface area contributed by atoms with E-state index < -0.39 is 0 Å². The van der Waals surface area contributed by atoms with Crippen LogP contribution >= 0.6 is 0 Å². The van der Waals surface area contributed by atoms with Crippen molar-refractivity contribution in [1.82, 2.24) is 0 Å². The van der Waals surface area contributed by atoms with Crippen LogP contribution in [-0.2, 0) is 13.2 Å². The van der Waals surface area contributed by atoms with Crippen molar-refractivity contribution in [2.75, 3.05) is 6.61 Å². The molecule has 0 fully saturated rings. The summed E-state index contributed by atoms with van der Waals surface area (Å²) in [6.07, 6.45) is 26.9. The minimum atomic E-state index is -0.142. The van der Waals surface area contributed by atoms with Gasteiger partial charge in [-0.2, -0.15) is 0 Å². The summed E-state index contributed by atoms with van der Waals surface area (Å²) in [6, 6.07) is 3.50. The van der Waals surface area contributed by atoms with Gasteiger partial charge in [-0.1, -0.05) is 109 Å². The molecule has 31 heavy (non-hydrogen) atoms. The van der Waals surface area contributed by atoms with E-state index in [0.29, 0.717) is 29.0 Å². The maximum Gasteiger partial charge on any atom is 0.130 e. The smallest absolute Gasteiger partial charge is 0.130 e. The Morgan fingerprint density at radius 1 is 0.677 bits per heavy atom. The SMILES string of the molecule is C#Cc1cc(CO)c(OCCCCCCCCCCCCCCCCCC)c(CO)c1. The van der Waals surface area contributed by atoms with Crippen molar-refractivity contribution in [1.29, 1.82) is 0 Å². The molecule has 1 aromatic carbocycles. The van der Waals surface area contributed by atoms with Crippen molar-refractivity contribution in [2.45, 2.75) is 123 Å². The van der Waals surface area contributed by atoms with Crippen LogP contribution in [0.1, 0.15) is 126 Å². The first-order valence-corrected chi connectivity index (χ1v) is 12.7. The lowest BCUT2D eigenvalue weighted by molar-refractivity contribution is 0.243. The van der Waals surface area contributed by atoms with Crippen molar-refractivity contribution in [2.24, 2.45) is 0 Å². The largest absolute Gasteiger partial charge is 0.493 e. The number of rotatable bonds is 20. The molecule has 0 saturated carbocycles. The molecule has 0 bridgehead atoms. The van der Waals surface area contributed by atoms with Gasteiger partial charge in [0.05, 0.1) is 19.8 Å². The van der Waals surface area contributed by atoms with Crippen LogP contribution in [0.5, 0.6) is 5.75 Å². The quantitative estimate of drug-likeness (QED) is 0.169. The van der Waals surface area contributed by atoms with E-state index in [0.717, 1.165) is 12.8 Å². The molecule has 1 rings (SSSR count).